The van der Waals surface area contributed by atoms with Crippen molar-refractivity contribution in [1.82, 2.24) is 0 Å². The fourth-order valence-electron chi connectivity index (χ4n) is 2.23. The van der Waals surface area contributed by atoms with Crippen molar-refractivity contribution in [3.05, 3.63) is 47.5 Å². The molecule has 0 heterocycles. The van der Waals surface area contributed by atoms with Gasteiger partial charge in [0, 0.05) is 0 Å². The summed E-state index contributed by atoms with van der Waals surface area (Å²) in [5, 5.41) is 9.29. The van der Waals surface area contributed by atoms with E-state index < -0.39 is 0 Å². The van der Waals surface area contributed by atoms with Crippen LogP contribution in [0.25, 0.3) is 0 Å². The third-order valence-electron chi connectivity index (χ3n) is 3.36. The highest BCUT2D eigenvalue weighted by Gasteiger charge is 2.13. The Balaban J connectivity index is 2.18. The van der Waals surface area contributed by atoms with Gasteiger partial charge in [-0.1, -0.05) is 12.1 Å². The molecule has 4 nitrogen and oxygen atoms in total. The van der Waals surface area contributed by atoms with Gasteiger partial charge in [0.1, 0.15) is 5.75 Å². The normalized spacial score (nSPS) is 10.2. The molecule has 0 amide bonds. The molecule has 0 radical (unpaired) electrons. The predicted molar refractivity (Wildman–Crippen MR) is 81.6 cm³/mol. The number of rotatable bonds is 6. The quantitative estimate of drug-likeness (QED) is 0.886. The molecule has 4 heteroatoms. The number of hydrogen-bond donors (Lipinski definition) is 1. The van der Waals surface area contributed by atoms with Crippen LogP contribution in [0.15, 0.2) is 36.4 Å². The van der Waals surface area contributed by atoms with Crippen LogP contribution < -0.4 is 14.2 Å². The summed E-state index contributed by atoms with van der Waals surface area (Å²) in [5.74, 6) is 2.22. The maximum absolute atomic E-state index is 9.29. The van der Waals surface area contributed by atoms with Crippen molar-refractivity contribution in [2.24, 2.45) is 0 Å². The maximum Gasteiger partial charge on any atom is 0.203 e. The van der Waals surface area contributed by atoms with Crippen LogP contribution in [0.4, 0.5) is 0 Å². The standard InChI is InChI=1S/C17H20O4/c1-19-15-10-13(11-16(20-2)17(15)21-3)5-4-12-6-8-14(18)9-7-12/h6-11,18H,4-5H2,1-3H3. The summed E-state index contributed by atoms with van der Waals surface area (Å²) in [7, 11) is 4.82. The lowest BCUT2D eigenvalue weighted by Crippen LogP contribution is -1.98. The van der Waals surface area contributed by atoms with Gasteiger partial charge in [-0.05, 0) is 48.2 Å². The molecule has 0 saturated carbocycles. The number of aryl methyl sites for hydroxylation is 2. The number of aromatic hydroxyl groups is 1. The lowest BCUT2D eigenvalue weighted by molar-refractivity contribution is 0.324. The molecule has 0 bridgehead atoms. The molecule has 0 aromatic heterocycles. The molecule has 0 atom stereocenters. The Kier molecular flexibility index (Phi) is 4.93. The molecule has 1 N–H and O–H groups in total. The zero-order valence-electron chi connectivity index (χ0n) is 12.6. The van der Waals surface area contributed by atoms with E-state index in [9.17, 15) is 5.11 Å². The molecule has 0 fully saturated rings. The fourth-order valence-corrected chi connectivity index (χ4v) is 2.23. The number of phenols is 1. The van der Waals surface area contributed by atoms with Crippen LogP contribution in [-0.4, -0.2) is 26.4 Å². The van der Waals surface area contributed by atoms with Gasteiger partial charge in [-0.25, -0.2) is 0 Å². The van der Waals surface area contributed by atoms with Crippen LogP contribution in [-0.2, 0) is 12.8 Å². The van der Waals surface area contributed by atoms with Crippen molar-refractivity contribution >= 4 is 0 Å². The van der Waals surface area contributed by atoms with Gasteiger partial charge in [0.15, 0.2) is 11.5 Å². The van der Waals surface area contributed by atoms with Crippen LogP contribution in [0, 0.1) is 0 Å². The van der Waals surface area contributed by atoms with Gasteiger partial charge >= 0.3 is 0 Å². The largest absolute Gasteiger partial charge is 0.508 e. The Bertz CT molecular complexity index is 565. The summed E-state index contributed by atoms with van der Waals surface area (Å²) in [4.78, 5) is 0. The van der Waals surface area contributed by atoms with E-state index in [-0.39, 0.29) is 5.75 Å². The number of phenolic OH excluding ortho intramolecular Hbond substituents is 1. The number of ether oxygens (including phenoxy) is 3. The highest BCUT2D eigenvalue weighted by Crippen LogP contribution is 2.38. The summed E-state index contributed by atoms with van der Waals surface area (Å²) < 4.78 is 16.0. The zero-order valence-corrected chi connectivity index (χ0v) is 12.6. The molecule has 21 heavy (non-hydrogen) atoms. The first-order valence-electron chi connectivity index (χ1n) is 6.74. The fraction of sp³-hybridized carbons (Fsp3) is 0.294. The van der Waals surface area contributed by atoms with Crippen LogP contribution in [0.5, 0.6) is 23.0 Å². The monoisotopic (exact) mass is 288 g/mol. The molecule has 0 unspecified atom stereocenters. The van der Waals surface area contributed by atoms with Gasteiger partial charge < -0.3 is 19.3 Å². The van der Waals surface area contributed by atoms with Gasteiger partial charge in [-0.15, -0.1) is 0 Å². The molecule has 0 saturated heterocycles. The van der Waals surface area contributed by atoms with Crippen molar-refractivity contribution in [2.75, 3.05) is 21.3 Å². The number of methoxy groups -OCH3 is 3. The molecule has 0 aliphatic heterocycles. The van der Waals surface area contributed by atoms with E-state index >= 15 is 0 Å². The van der Waals surface area contributed by atoms with Gasteiger partial charge in [0.05, 0.1) is 21.3 Å². The second-order valence-electron chi connectivity index (χ2n) is 4.70. The lowest BCUT2D eigenvalue weighted by atomic mass is 10.0. The molecule has 0 aliphatic carbocycles. The molecule has 0 aliphatic rings. The van der Waals surface area contributed by atoms with Gasteiger partial charge in [0.25, 0.3) is 0 Å². The van der Waals surface area contributed by atoms with E-state index in [1.165, 1.54) is 5.56 Å². The Morgan fingerprint density at radius 2 is 1.29 bits per heavy atom. The Morgan fingerprint density at radius 1 is 0.762 bits per heavy atom. The van der Waals surface area contributed by atoms with Crippen molar-refractivity contribution in [3.8, 4) is 23.0 Å². The molecule has 0 spiro atoms. The minimum atomic E-state index is 0.284. The van der Waals surface area contributed by atoms with Crippen molar-refractivity contribution in [2.45, 2.75) is 12.8 Å². The van der Waals surface area contributed by atoms with Gasteiger partial charge in [0.2, 0.25) is 5.75 Å². The topological polar surface area (TPSA) is 47.9 Å². The zero-order chi connectivity index (χ0) is 15.2. The second-order valence-corrected chi connectivity index (χ2v) is 4.70. The van der Waals surface area contributed by atoms with E-state index in [1.54, 1.807) is 33.5 Å². The third kappa shape index (κ3) is 3.60. The van der Waals surface area contributed by atoms with Crippen molar-refractivity contribution in [3.63, 3.8) is 0 Å². The highest BCUT2D eigenvalue weighted by molar-refractivity contribution is 5.54. The first-order chi connectivity index (χ1) is 10.2. The number of benzene rings is 2. The van der Waals surface area contributed by atoms with Crippen LogP contribution in [0.2, 0.25) is 0 Å². The van der Waals surface area contributed by atoms with E-state index in [0.29, 0.717) is 17.2 Å². The first kappa shape index (κ1) is 15.0. The first-order valence-corrected chi connectivity index (χ1v) is 6.74. The van der Waals surface area contributed by atoms with Gasteiger partial charge in [-0.3, -0.25) is 0 Å². The predicted octanol–water partition coefficient (Wildman–Crippen LogP) is 3.20. The van der Waals surface area contributed by atoms with Gasteiger partial charge in [-0.2, -0.15) is 0 Å². The third-order valence-corrected chi connectivity index (χ3v) is 3.36. The maximum atomic E-state index is 9.29. The minimum absolute atomic E-state index is 0.284. The van der Waals surface area contributed by atoms with Crippen LogP contribution >= 0.6 is 0 Å². The molecule has 2 aromatic carbocycles. The summed E-state index contributed by atoms with van der Waals surface area (Å²) >= 11 is 0. The van der Waals surface area contributed by atoms with E-state index in [4.69, 9.17) is 14.2 Å². The lowest BCUT2D eigenvalue weighted by Gasteiger charge is -2.14. The highest BCUT2D eigenvalue weighted by atomic mass is 16.5. The molecule has 2 aromatic rings. The Morgan fingerprint density at radius 3 is 1.76 bits per heavy atom. The van der Waals surface area contributed by atoms with E-state index in [1.807, 2.05) is 24.3 Å². The minimum Gasteiger partial charge on any atom is -0.508 e. The van der Waals surface area contributed by atoms with Crippen LogP contribution in [0.3, 0.4) is 0 Å². The smallest absolute Gasteiger partial charge is 0.203 e. The van der Waals surface area contributed by atoms with E-state index in [2.05, 4.69) is 0 Å². The second kappa shape index (κ2) is 6.88. The summed E-state index contributed by atoms with van der Waals surface area (Å²) in [6, 6.07) is 11.2. The molecular weight excluding hydrogens is 268 g/mol. The van der Waals surface area contributed by atoms with Crippen molar-refractivity contribution in [1.29, 1.82) is 0 Å². The summed E-state index contributed by atoms with van der Waals surface area (Å²) in [6.45, 7) is 0. The molecule has 2 rings (SSSR count). The van der Waals surface area contributed by atoms with Crippen LogP contribution in [0.1, 0.15) is 11.1 Å². The summed E-state index contributed by atoms with van der Waals surface area (Å²) in [5.41, 5.74) is 2.28. The van der Waals surface area contributed by atoms with Crippen molar-refractivity contribution < 1.29 is 19.3 Å². The number of hydrogen-bond acceptors (Lipinski definition) is 4. The SMILES string of the molecule is COc1cc(CCc2ccc(O)cc2)cc(OC)c1OC. The molecule has 112 valence electrons. The summed E-state index contributed by atoms with van der Waals surface area (Å²) in [6.07, 6.45) is 1.72. The average Bonchev–Trinajstić information content (AvgIpc) is 2.53. The molecular formula is C17H20O4. The average molecular weight is 288 g/mol. The van der Waals surface area contributed by atoms with E-state index in [0.717, 1.165) is 18.4 Å². The Labute approximate surface area is 124 Å². The Hall–Kier alpha value is -2.36.